The van der Waals surface area contributed by atoms with Gasteiger partial charge in [0.05, 0.1) is 12.2 Å². The van der Waals surface area contributed by atoms with Gasteiger partial charge in [0.2, 0.25) is 0 Å². The van der Waals surface area contributed by atoms with Crippen molar-refractivity contribution in [3.8, 4) is 5.75 Å². The molecular weight excluding hydrogens is 434 g/mol. The first-order chi connectivity index (χ1) is 15.2. The molecule has 8 heteroatoms. The molecule has 2 aromatic carbocycles. The molecule has 3 rings (SSSR count). The first-order valence-corrected chi connectivity index (χ1v) is 10.9. The van der Waals surface area contributed by atoms with E-state index in [1.165, 1.54) is 6.07 Å². The molecule has 2 unspecified atom stereocenters. The number of cyclic esters (lactones) is 1. The van der Waals surface area contributed by atoms with Gasteiger partial charge in [-0.25, -0.2) is 9.59 Å². The minimum Gasteiger partial charge on any atom is -0.506 e. The van der Waals surface area contributed by atoms with Crippen LogP contribution in [0.2, 0.25) is 5.02 Å². The lowest BCUT2D eigenvalue weighted by Crippen LogP contribution is -2.56. The van der Waals surface area contributed by atoms with Crippen LogP contribution in [0.5, 0.6) is 5.75 Å². The number of nitrogens with one attached hydrogen (secondary N) is 1. The van der Waals surface area contributed by atoms with Crippen LogP contribution in [0.25, 0.3) is 0 Å². The molecule has 0 aliphatic carbocycles. The van der Waals surface area contributed by atoms with Crippen LogP contribution in [0.3, 0.4) is 0 Å². The van der Waals surface area contributed by atoms with E-state index in [4.69, 9.17) is 21.1 Å². The fourth-order valence-corrected chi connectivity index (χ4v) is 4.15. The third kappa shape index (κ3) is 4.58. The second kappa shape index (κ2) is 9.61. The molecular formula is C24H26ClNO6. The second-order valence-corrected chi connectivity index (χ2v) is 8.21. The highest BCUT2D eigenvalue weighted by molar-refractivity contribution is 6.32. The van der Waals surface area contributed by atoms with Gasteiger partial charge in [-0.3, -0.25) is 4.79 Å². The average molecular weight is 460 g/mol. The first kappa shape index (κ1) is 23.6. The highest BCUT2D eigenvalue weighted by Crippen LogP contribution is 2.37. The minimum atomic E-state index is -1.38. The monoisotopic (exact) mass is 459 g/mol. The number of hydrogen-bond acceptors (Lipinski definition) is 6. The van der Waals surface area contributed by atoms with Gasteiger partial charge in [0, 0.05) is 17.9 Å². The largest absolute Gasteiger partial charge is 0.506 e. The Morgan fingerprint density at radius 1 is 1.28 bits per heavy atom. The van der Waals surface area contributed by atoms with Gasteiger partial charge < -0.3 is 19.9 Å². The molecule has 0 aromatic heterocycles. The molecule has 0 saturated carbocycles. The van der Waals surface area contributed by atoms with Crippen LogP contribution >= 0.6 is 11.6 Å². The predicted octanol–water partition coefficient (Wildman–Crippen LogP) is 3.83. The van der Waals surface area contributed by atoms with Gasteiger partial charge in [-0.05, 0) is 37.5 Å². The number of carbonyl (C=O) groups is 3. The zero-order chi connectivity index (χ0) is 23.5. The van der Waals surface area contributed by atoms with E-state index in [0.29, 0.717) is 12.0 Å². The Labute approximate surface area is 191 Å². The van der Waals surface area contributed by atoms with Gasteiger partial charge in [0.15, 0.2) is 0 Å². The summed E-state index contributed by atoms with van der Waals surface area (Å²) in [5, 5.41) is 13.7. The number of carbonyl (C=O) groups excluding carboxylic acids is 3. The highest BCUT2D eigenvalue weighted by atomic mass is 35.5. The number of fused-ring (bicyclic) bond motifs is 1. The summed E-state index contributed by atoms with van der Waals surface area (Å²) >= 11 is 6.35. The van der Waals surface area contributed by atoms with E-state index in [1.807, 2.05) is 30.3 Å². The third-order valence-corrected chi connectivity index (χ3v) is 5.91. The van der Waals surface area contributed by atoms with Crippen molar-refractivity contribution in [2.75, 3.05) is 6.61 Å². The lowest BCUT2D eigenvalue weighted by atomic mass is 9.87. The molecule has 2 atom stereocenters. The van der Waals surface area contributed by atoms with Crippen LogP contribution in [0.15, 0.2) is 36.4 Å². The quantitative estimate of drug-likeness (QED) is 0.610. The first-order valence-electron chi connectivity index (χ1n) is 10.5. The maximum Gasteiger partial charge on any atom is 0.342 e. The van der Waals surface area contributed by atoms with Crippen LogP contribution in [0.1, 0.15) is 59.0 Å². The van der Waals surface area contributed by atoms with Crippen LogP contribution in [-0.4, -0.2) is 41.2 Å². The van der Waals surface area contributed by atoms with Crippen molar-refractivity contribution in [3.05, 3.63) is 63.7 Å². The van der Waals surface area contributed by atoms with Gasteiger partial charge in [-0.2, -0.15) is 0 Å². The van der Waals surface area contributed by atoms with Gasteiger partial charge in [-0.1, -0.05) is 48.9 Å². The summed E-state index contributed by atoms with van der Waals surface area (Å²) in [7, 11) is 0. The number of hydrogen-bond donors (Lipinski definition) is 2. The SMILES string of the molecule is CCOC(=O)C(CC)(Cc1ccccc1)NC(=O)c1cc(Cl)c2c(c1O)C(=O)OC(C)C2. The molecule has 1 aliphatic rings. The molecule has 0 bridgehead atoms. The van der Waals surface area contributed by atoms with Gasteiger partial charge in [-0.15, -0.1) is 0 Å². The Morgan fingerprint density at radius 3 is 2.59 bits per heavy atom. The third-order valence-electron chi connectivity index (χ3n) is 5.57. The molecule has 170 valence electrons. The standard InChI is InChI=1S/C24H26ClNO6/c1-4-24(23(30)31-5-2,13-15-9-7-6-8-10-15)26-21(28)17-12-18(25)16-11-14(3)32-22(29)19(16)20(17)27/h6-10,12,14,27H,4-5,11,13H2,1-3H3,(H,26,28). The van der Waals surface area contributed by atoms with Crippen molar-refractivity contribution in [2.24, 2.45) is 0 Å². The lowest BCUT2D eigenvalue weighted by Gasteiger charge is -2.32. The Kier molecular flexibility index (Phi) is 7.09. The summed E-state index contributed by atoms with van der Waals surface area (Å²) in [4.78, 5) is 38.6. The maximum absolute atomic E-state index is 13.3. The number of phenolic OH excluding ortho intramolecular Hbond substituents is 1. The molecule has 7 nitrogen and oxygen atoms in total. The van der Waals surface area contributed by atoms with Crippen molar-refractivity contribution in [1.82, 2.24) is 5.32 Å². The zero-order valence-electron chi connectivity index (χ0n) is 18.2. The Morgan fingerprint density at radius 2 is 1.97 bits per heavy atom. The summed E-state index contributed by atoms with van der Waals surface area (Å²) in [6.07, 6.45) is 0.360. The molecule has 1 amide bonds. The van der Waals surface area contributed by atoms with Crippen molar-refractivity contribution in [1.29, 1.82) is 0 Å². The molecule has 1 aliphatic heterocycles. The smallest absolute Gasteiger partial charge is 0.342 e. The fourth-order valence-electron chi connectivity index (χ4n) is 3.87. The molecule has 0 fully saturated rings. The van der Waals surface area contributed by atoms with E-state index in [9.17, 15) is 19.5 Å². The van der Waals surface area contributed by atoms with E-state index in [2.05, 4.69) is 5.32 Å². The van der Waals surface area contributed by atoms with E-state index >= 15 is 0 Å². The second-order valence-electron chi connectivity index (χ2n) is 7.80. The van der Waals surface area contributed by atoms with Gasteiger partial charge in [0.25, 0.3) is 5.91 Å². The molecule has 2 N–H and O–H groups in total. The number of halogens is 1. The molecule has 0 radical (unpaired) electrons. The van der Waals surface area contributed by atoms with E-state index in [0.717, 1.165) is 5.56 Å². The number of esters is 2. The fraction of sp³-hybridized carbons (Fsp3) is 0.375. The van der Waals surface area contributed by atoms with Gasteiger partial charge in [0.1, 0.15) is 23.0 Å². The number of benzene rings is 2. The Balaban J connectivity index is 2.01. The van der Waals surface area contributed by atoms with Crippen molar-refractivity contribution in [2.45, 2.75) is 51.7 Å². The van der Waals surface area contributed by atoms with Crippen LogP contribution in [-0.2, 0) is 27.1 Å². The van der Waals surface area contributed by atoms with E-state index in [1.54, 1.807) is 20.8 Å². The van der Waals surface area contributed by atoms with Gasteiger partial charge >= 0.3 is 11.9 Å². The summed E-state index contributed by atoms with van der Waals surface area (Å²) in [6, 6.07) is 10.5. The van der Waals surface area contributed by atoms with Crippen molar-refractivity contribution < 1.29 is 29.0 Å². The molecule has 0 spiro atoms. The zero-order valence-corrected chi connectivity index (χ0v) is 19.0. The number of phenols is 1. The Hall–Kier alpha value is -3.06. The summed E-state index contributed by atoms with van der Waals surface area (Å²) < 4.78 is 10.5. The van der Waals surface area contributed by atoms with Crippen LogP contribution in [0, 0.1) is 0 Å². The highest BCUT2D eigenvalue weighted by Gasteiger charge is 2.41. The molecule has 0 saturated heterocycles. The summed E-state index contributed by atoms with van der Waals surface area (Å²) in [6.45, 7) is 5.31. The molecule has 1 heterocycles. The van der Waals surface area contributed by atoms with E-state index < -0.39 is 35.2 Å². The Bertz CT molecular complexity index is 1040. The van der Waals surface area contributed by atoms with Crippen LogP contribution in [0.4, 0.5) is 0 Å². The van der Waals surface area contributed by atoms with E-state index in [-0.39, 0.29) is 35.6 Å². The number of aromatic hydroxyl groups is 1. The number of ether oxygens (including phenoxy) is 2. The minimum absolute atomic E-state index is 0.123. The van der Waals surface area contributed by atoms with Crippen molar-refractivity contribution >= 4 is 29.4 Å². The number of amides is 1. The lowest BCUT2D eigenvalue weighted by molar-refractivity contribution is -0.151. The maximum atomic E-state index is 13.3. The number of rotatable bonds is 7. The van der Waals surface area contributed by atoms with Crippen LogP contribution < -0.4 is 5.32 Å². The normalized spacial score (nSPS) is 17.0. The summed E-state index contributed by atoms with van der Waals surface area (Å²) in [5.41, 5.74) is -0.454. The topological polar surface area (TPSA) is 102 Å². The molecule has 2 aromatic rings. The predicted molar refractivity (Wildman–Crippen MR) is 119 cm³/mol. The molecule has 32 heavy (non-hydrogen) atoms. The summed E-state index contributed by atoms with van der Waals surface area (Å²) in [5.74, 6) is -2.60. The van der Waals surface area contributed by atoms with Crippen molar-refractivity contribution in [3.63, 3.8) is 0 Å². The average Bonchev–Trinajstić information content (AvgIpc) is 2.76.